The van der Waals surface area contributed by atoms with Gasteiger partial charge in [-0.3, -0.25) is 0 Å². The average molecular weight is 228 g/mol. The minimum Gasteiger partial charge on any atom is -0.488 e. The first kappa shape index (κ1) is 11.2. The molecule has 3 heteroatoms. The second-order valence-corrected chi connectivity index (χ2v) is 3.58. The number of ether oxygens (including phenoxy) is 1. The molecule has 0 saturated carbocycles. The molecule has 17 heavy (non-hydrogen) atoms. The lowest BCUT2D eigenvalue weighted by Gasteiger charge is -2.08. The number of carboxylic acid groups (broad SMARTS) is 1. The molecule has 2 rings (SSSR count). The molecule has 0 unspecified atom stereocenters. The quantitative estimate of drug-likeness (QED) is 0.875. The fraction of sp³-hybridized carbons (Fsp3) is 0.0714. The van der Waals surface area contributed by atoms with Crippen molar-refractivity contribution in [2.75, 3.05) is 0 Å². The molecule has 0 aromatic heterocycles. The van der Waals surface area contributed by atoms with Crippen LogP contribution in [0.25, 0.3) is 0 Å². The first-order valence-corrected chi connectivity index (χ1v) is 5.26. The zero-order valence-corrected chi connectivity index (χ0v) is 9.17. The van der Waals surface area contributed by atoms with Crippen LogP contribution in [0.2, 0.25) is 0 Å². The maximum Gasteiger partial charge on any atom is 0.339 e. The second kappa shape index (κ2) is 5.16. The molecule has 0 spiro atoms. The molecule has 0 bridgehead atoms. The number of para-hydroxylation sites is 1. The highest BCUT2D eigenvalue weighted by atomic mass is 16.5. The van der Waals surface area contributed by atoms with Gasteiger partial charge in [0, 0.05) is 0 Å². The lowest BCUT2D eigenvalue weighted by molar-refractivity contribution is 0.0692. The van der Waals surface area contributed by atoms with Crippen LogP contribution in [0.5, 0.6) is 5.75 Å². The van der Waals surface area contributed by atoms with Crippen LogP contribution in [0.15, 0.2) is 54.6 Å². The van der Waals surface area contributed by atoms with Gasteiger partial charge in [0.25, 0.3) is 0 Å². The van der Waals surface area contributed by atoms with E-state index in [4.69, 9.17) is 9.84 Å². The van der Waals surface area contributed by atoms with Gasteiger partial charge >= 0.3 is 5.97 Å². The van der Waals surface area contributed by atoms with E-state index in [0.717, 1.165) is 5.56 Å². The van der Waals surface area contributed by atoms with E-state index in [-0.39, 0.29) is 5.56 Å². The fourth-order valence-corrected chi connectivity index (χ4v) is 1.50. The Labute approximate surface area is 99.3 Å². The lowest BCUT2D eigenvalue weighted by atomic mass is 10.2. The van der Waals surface area contributed by atoms with Crippen molar-refractivity contribution in [3.63, 3.8) is 0 Å². The first-order valence-electron chi connectivity index (χ1n) is 5.26. The third-order valence-electron chi connectivity index (χ3n) is 2.35. The Morgan fingerprint density at radius 3 is 2.35 bits per heavy atom. The zero-order valence-electron chi connectivity index (χ0n) is 9.17. The van der Waals surface area contributed by atoms with E-state index in [1.165, 1.54) is 6.07 Å². The molecule has 0 heterocycles. The van der Waals surface area contributed by atoms with Gasteiger partial charge in [0.2, 0.25) is 0 Å². The van der Waals surface area contributed by atoms with Gasteiger partial charge < -0.3 is 9.84 Å². The van der Waals surface area contributed by atoms with Crippen LogP contribution in [-0.4, -0.2) is 11.1 Å². The Kier molecular flexibility index (Phi) is 3.40. The summed E-state index contributed by atoms with van der Waals surface area (Å²) in [4.78, 5) is 11.0. The fourth-order valence-electron chi connectivity index (χ4n) is 1.50. The third kappa shape index (κ3) is 2.84. The van der Waals surface area contributed by atoms with Crippen LogP contribution in [-0.2, 0) is 6.61 Å². The van der Waals surface area contributed by atoms with Gasteiger partial charge in [-0.05, 0) is 17.7 Å². The number of aromatic carboxylic acids is 1. The first-order chi connectivity index (χ1) is 8.27. The molecule has 1 N–H and O–H groups in total. The van der Waals surface area contributed by atoms with Crippen LogP contribution in [0.4, 0.5) is 0 Å². The van der Waals surface area contributed by atoms with Crippen LogP contribution < -0.4 is 4.74 Å². The van der Waals surface area contributed by atoms with E-state index in [1.807, 2.05) is 30.3 Å². The summed E-state index contributed by atoms with van der Waals surface area (Å²) in [5.41, 5.74) is 1.19. The van der Waals surface area contributed by atoms with Crippen molar-refractivity contribution < 1.29 is 14.6 Å². The van der Waals surface area contributed by atoms with Gasteiger partial charge in [0.15, 0.2) is 0 Å². The molecule has 86 valence electrons. The van der Waals surface area contributed by atoms with Gasteiger partial charge in [-0.25, -0.2) is 4.79 Å². The number of rotatable bonds is 4. The molecule has 0 aliphatic rings. The van der Waals surface area contributed by atoms with Crippen molar-refractivity contribution in [3.05, 3.63) is 65.7 Å². The Morgan fingerprint density at radius 2 is 1.65 bits per heavy atom. The normalized spacial score (nSPS) is 9.88. The molecule has 0 amide bonds. The van der Waals surface area contributed by atoms with Gasteiger partial charge in [0.1, 0.15) is 17.9 Å². The van der Waals surface area contributed by atoms with E-state index >= 15 is 0 Å². The number of hydrogen-bond donors (Lipinski definition) is 1. The molecule has 0 fully saturated rings. The standard InChI is InChI=1S/C14H12O3/c15-14(16)12-8-4-5-9-13(12)17-10-11-6-2-1-3-7-11/h1-9H,10H2,(H,15,16). The van der Waals surface area contributed by atoms with Crippen molar-refractivity contribution in [2.24, 2.45) is 0 Å². The predicted molar refractivity (Wildman–Crippen MR) is 64.2 cm³/mol. The minimum atomic E-state index is -0.978. The monoisotopic (exact) mass is 228 g/mol. The molecule has 2 aromatic carbocycles. The molecule has 0 aliphatic heterocycles. The minimum absolute atomic E-state index is 0.184. The average Bonchev–Trinajstić information content (AvgIpc) is 2.38. The summed E-state index contributed by atoms with van der Waals surface area (Å²) in [5, 5.41) is 8.98. The van der Waals surface area contributed by atoms with E-state index in [2.05, 4.69) is 0 Å². The van der Waals surface area contributed by atoms with Crippen LogP contribution in [0, 0.1) is 0 Å². The largest absolute Gasteiger partial charge is 0.488 e. The summed E-state index contributed by atoms with van der Waals surface area (Å²) >= 11 is 0. The van der Waals surface area contributed by atoms with Crippen molar-refractivity contribution in [1.82, 2.24) is 0 Å². The number of carbonyl (C=O) groups is 1. The van der Waals surface area contributed by atoms with E-state index in [0.29, 0.717) is 12.4 Å². The van der Waals surface area contributed by atoms with E-state index < -0.39 is 5.97 Å². The summed E-state index contributed by atoms with van der Waals surface area (Å²) in [5.74, 6) is -0.586. The second-order valence-electron chi connectivity index (χ2n) is 3.58. The van der Waals surface area contributed by atoms with E-state index in [1.54, 1.807) is 18.2 Å². The highest BCUT2D eigenvalue weighted by Crippen LogP contribution is 2.19. The van der Waals surface area contributed by atoms with Crippen molar-refractivity contribution in [3.8, 4) is 5.75 Å². The van der Waals surface area contributed by atoms with Crippen LogP contribution >= 0.6 is 0 Å². The summed E-state index contributed by atoms with van der Waals surface area (Å²) in [6.07, 6.45) is 0. The molecule has 0 saturated heterocycles. The lowest BCUT2D eigenvalue weighted by Crippen LogP contribution is -2.02. The SMILES string of the molecule is O=C(O)c1ccccc1OCc1ccccc1. The maximum absolute atomic E-state index is 11.0. The highest BCUT2D eigenvalue weighted by Gasteiger charge is 2.09. The Bertz CT molecular complexity index is 506. The number of benzene rings is 2. The summed E-state index contributed by atoms with van der Waals surface area (Å²) in [7, 11) is 0. The molecule has 0 aliphatic carbocycles. The zero-order chi connectivity index (χ0) is 12.1. The van der Waals surface area contributed by atoms with Crippen molar-refractivity contribution in [2.45, 2.75) is 6.61 Å². The van der Waals surface area contributed by atoms with E-state index in [9.17, 15) is 4.79 Å². The molecule has 2 aromatic rings. The topological polar surface area (TPSA) is 46.5 Å². The summed E-state index contributed by atoms with van der Waals surface area (Å²) in [6.45, 7) is 0.366. The molecule has 3 nitrogen and oxygen atoms in total. The van der Waals surface area contributed by atoms with Crippen molar-refractivity contribution in [1.29, 1.82) is 0 Å². The third-order valence-corrected chi connectivity index (χ3v) is 2.35. The van der Waals surface area contributed by atoms with Crippen LogP contribution in [0.3, 0.4) is 0 Å². The smallest absolute Gasteiger partial charge is 0.339 e. The van der Waals surface area contributed by atoms with Crippen molar-refractivity contribution >= 4 is 5.97 Å². The number of hydrogen-bond acceptors (Lipinski definition) is 2. The maximum atomic E-state index is 11.0. The molecular weight excluding hydrogens is 216 g/mol. The van der Waals surface area contributed by atoms with Gasteiger partial charge in [-0.1, -0.05) is 42.5 Å². The van der Waals surface area contributed by atoms with Gasteiger partial charge in [0.05, 0.1) is 0 Å². The predicted octanol–water partition coefficient (Wildman–Crippen LogP) is 2.96. The highest BCUT2D eigenvalue weighted by molar-refractivity contribution is 5.90. The Morgan fingerprint density at radius 1 is 1.00 bits per heavy atom. The van der Waals surface area contributed by atoms with Gasteiger partial charge in [-0.15, -0.1) is 0 Å². The molecule has 0 atom stereocenters. The van der Waals surface area contributed by atoms with Gasteiger partial charge in [-0.2, -0.15) is 0 Å². The summed E-state index contributed by atoms with van der Waals surface area (Å²) < 4.78 is 5.50. The molecule has 0 radical (unpaired) electrons. The Hall–Kier alpha value is -2.29. The molecular formula is C14H12O3. The number of carboxylic acids is 1. The summed E-state index contributed by atoms with van der Waals surface area (Å²) in [6, 6.07) is 16.3. The van der Waals surface area contributed by atoms with Crippen LogP contribution in [0.1, 0.15) is 15.9 Å². The Balaban J connectivity index is 2.12.